The molecule has 0 aliphatic carbocycles. The average Bonchev–Trinajstić information content (AvgIpc) is 3.06. The summed E-state index contributed by atoms with van der Waals surface area (Å²) in [4.78, 5) is 0. The Morgan fingerprint density at radius 2 is 2.00 bits per heavy atom. The van der Waals surface area contributed by atoms with Crippen LogP contribution in [0, 0.1) is 6.92 Å². The lowest BCUT2D eigenvalue weighted by Crippen LogP contribution is -1.93. The first-order chi connectivity index (χ1) is 9.74. The number of hydrogen-bond acceptors (Lipinski definition) is 2. The number of benzene rings is 1. The second-order valence-electron chi connectivity index (χ2n) is 5.50. The van der Waals surface area contributed by atoms with Gasteiger partial charge in [-0.25, -0.2) is 0 Å². The minimum absolute atomic E-state index is 0.508. The van der Waals surface area contributed by atoms with Gasteiger partial charge in [-0.15, -0.1) is 11.3 Å². The van der Waals surface area contributed by atoms with Crippen molar-refractivity contribution in [1.82, 2.24) is 0 Å². The Morgan fingerprint density at radius 1 is 1.15 bits per heavy atom. The highest BCUT2D eigenvalue weighted by molar-refractivity contribution is 7.17. The lowest BCUT2D eigenvalue weighted by Gasteiger charge is -2.08. The molecule has 0 N–H and O–H groups in total. The number of rotatable bonds is 5. The van der Waals surface area contributed by atoms with Gasteiger partial charge < -0.3 is 4.42 Å². The number of fused-ring (bicyclic) bond motifs is 1. The molecule has 3 rings (SSSR count). The zero-order chi connectivity index (χ0) is 13.9. The fourth-order valence-corrected chi connectivity index (χ4v) is 3.68. The maximum Gasteiger partial charge on any atom is 0.106 e. The van der Waals surface area contributed by atoms with E-state index in [2.05, 4.69) is 48.7 Å². The molecular weight excluding hydrogens is 264 g/mol. The predicted molar refractivity (Wildman–Crippen MR) is 86.6 cm³/mol. The van der Waals surface area contributed by atoms with Gasteiger partial charge in [-0.3, -0.25) is 0 Å². The third-order valence-electron chi connectivity index (χ3n) is 3.89. The SMILES string of the molecule is Cc1ccc([C@@H](C)CCCc2csc3ccccc23)o1. The van der Waals surface area contributed by atoms with Crippen LogP contribution in [0.2, 0.25) is 0 Å². The van der Waals surface area contributed by atoms with Crippen LogP contribution in [0.5, 0.6) is 0 Å². The smallest absolute Gasteiger partial charge is 0.106 e. The van der Waals surface area contributed by atoms with Gasteiger partial charge in [0.25, 0.3) is 0 Å². The van der Waals surface area contributed by atoms with E-state index in [4.69, 9.17) is 4.42 Å². The van der Waals surface area contributed by atoms with E-state index in [0.717, 1.165) is 17.9 Å². The molecule has 20 heavy (non-hydrogen) atoms. The van der Waals surface area contributed by atoms with Gasteiger partial charge in [0.2, 0.25) is 0 Å². The largest absolute Gasteiger partial charge is 0.466 e. The molecule has 0 bridgehead atoms. The molecule has 2 aromatic heterocycles. The minimum atomic E-state index is 0.508. The summed E-state index contributed by atoms with van der Waals surface area (Å²) in [6, 6.07) is 12.9. The number of thiophene rings is 1. The summed E-state index contributed by atoms with van der Waals surface area (Å²) in [5, 5.41) is 3.74. The van der Waals surface area contributed by atoms with Gasteiger partial charge in [-0.2, -0.15) is 0 Å². The maximum absolute atomic E-state index is 5.71. The van der Waals surface area contributed by atoms with Gasteiger partial charge >= 0.3 is 0 Å². The van der Waals surface area contributed by atoms with E-state index in [0.29, 0.717) is 5.92 Å². The Hall–Kier alpha value is -1.54. The Bertz CT molecular complexity index is 692. The summed E-state index contributed by atoms with van der Waals surface area (Å²) >= 11 is 1.85. The molecule has 0 saturated heterocycles. The molecule has 2 heterocycles. The van der Waals surface area contributed by atoms with Crippen molar-refractivity contribution in [3.8, 4) is 0 Å². The molecule has 0 saturated carbocycles. The van der Waals surface area contributed by atoms with E-state index in [9.17, 15) is 0 Å². The van der Waals surface area contributed by atoms with E-state index in [1.54, 1.807) is 0 Å². The average molecular weight is 284 g/mol. The van der Waals surface area contributed by atoms with Crippen molar-refractivity contribution < 1.29 is 4.42 Å². The molecule has 1 nitrogen and oxygen atoms in total. The standard InChI is InChI=1S/C18H20OS/c1-13(17-11-10-14(2)19-17)6-5-7-15-12-20-18-9-4-3-8-16(15)18/h3-4,8-13H,5-7H2,1-2H3/t13-/m0/s1. The zero-order valence-corrected chi connectivity index (χ0v) is 12.9. The molecule has 0 aliphatic heterocycles. The topological polar surface area (TPSA) is 13.1 Å². The van der Waals surface area contributed by atoms with E-state index < -0.39 is 0 Å². The van der Waals surface area contributed by atoms with Crippen LogP contribution in [-0.4, -0.2) is 0 Å². The van der Waals surface area contributed by atoms with Gasteiger partial charge in [-0.05, 0) is 60.7 Å². The number of hydrogen-bond donors (Lipinski definition) is 0. The van der Waals surface area contributed by atoms with Crippen molar-refractivity contribution in [2.24, 2.45) is 0 Å². The number of aryl methyl sites for hydroxylation is 2. The summed E-state index contributed by atoms with van der Waals surface area (Å²) in [5.74, 6) is 2.64. The molecule has 0 amide bonds. The quantitative estimate of drug-likeness (QED) is 0.566. The van der Waals surface area contributed by atoms with Gasteiger partial charge in [0, 0.05) is 10.6 Å². The highest BCUT2D eigenvalue weighted by Crippen LogP contribution is 2.28. The van der Waals surface area contributed by atoms with Crippen molar-refractivity contribution in [2.75, 3.05) is 0 Å². The first-order valence-electron chi connectivity index (χ1n) is 7.25. The van der Waals surface area contributed by atoms with Crippen LogP contribution in [0.25, 0.3) is 10.1 Å². The van der Waals surface area contributed by atoms with Crippen LogP contribution < -0.4 is 0 Å². The first-order valence-corrected chi connectivity index (χ1v) is 8.13. The summed E-state index contributed by atoms with van der Waals surface area (Å²) < 4.78 is 7.11. The van der Waals surface area contributed by atoms with Gasteiger partial charge in [0.05, 0.1) is 0 Å². The molecule has 0 aliphatic rings. The highest BCUT2D eigenvalue weighted by atomic mass is 32.1. The third kappa shape index (κ3) is 2.80. The molecule has 3 aromatic rings. The van der Waals surface area contributed by atoms with Crippen molar-refractivity contribution in [2.45, 2.75) is 39.0 Å². The second kappa shape index (κ2) is 5.84. The van der Waals surface area contributed by atoms with Crippen LogP contribution in [0.3, 0.4) is 0 Å². The fourth-order valence-electron chi connectivity index (χ4n) is 2.69. The third-order valence-corrected chi connectivity index (χ3v) is 4.90. The summed E-state index contributed by atoms with van der Waals surface area (Å²) in [5.41, 5.74) is 1.49. The van der Waals surface area contributed by atoms with E-state index in [1.807, 2.05) is 18.3 Å². The van der Waals surface area contributed by atoms with E-state index in [1.165, 1.54) is 28.5 Å². The monoisotopic (exact) mass is 284 g/mol. The molecule has 2 heteroatoms. The second-order valence-corrected chi connectivity index (χ2v) is 6.41. The molecule has 1 aromatic carbocycles. The summed E-state index contributed by atoms with van der Waals surface area (Å²) in [7, 11) is 0. The first kappa shape index (κ1) is 13.4. The van der Waals surface area contributed by atoms with Crippen molar-refractivity contribution in [3.63, 3.8) is 0 Å². The Balaban J connectivity index is 1.60. The Kier molecular flexibility index (Phi) is 3.93. The summed E-state index contributed by atoms with van der Waals surface area (Å²) in [6.45, 7) is 4.26. The van der Waals surface area contributed by atoms with Crippen LogP contribution >= 0.6 is 11.3 Å². The van der Waals surface area contributed by atoms with Crippen molar-refractivity contribution in [1.29, 1.82) is 0 Å². The predicted octanol–water partition coefficient (Wildman–Crippen LogP) is 5.93. The van der Waals surface area contributed by atoms with Crippen molar-refractivity contribution in [3.05, 3.63) is 58.9 Å². The zero-order valence-electron chi connectivity index (χ0n) is 12.1. The van der Waals surface area contributed by atoms with E-state index >= 15 is 0 Å². The maximum atomic E-state index is 5.71. The number of furan rings is 1. The molecule has 0 fully saturated rings. The lowest BCUT2D eigenvalue weighted by molar-refractivity contribution is 0.438. The van der Waals surface area contributed by atoms with Crippen LogP contribution in [0.4, 0.5) is 0 Å². The van der Waals surface area contributed by atoms with Gasteiger partial charge in [0.15, 0.2) is 0 Å². The molecule has 0 unspecified atom stereocenters. The van der Waals surface area contributed by atoms with Crippen LogP contribution in [-0.2, 0) is 6.42 Å². The minimum Gasteiger partial charge on any atom is -0.466 e. The fraction of sp³-hybridized carbons (Fsp3) is 0.333. The molecule has 1 atom stereocenters. The van der Waals surface area contributed by atoms with Gasteiger partial charge in [-0.1, -0.05) is 25.1 Å². The van der Waals surface area contributed by atoms with E-state index in [-0.39, 0.29) is 0 Å². The lowest BCUT2D eigenvalue weighted by atomic mass is 9.99. The normalized spacial score (nSPS) is 12.9. The highest BCUT2D eigenvalue weighted by Gasteiger charge is 2.10. The molecule has 104 valence electrons. The molecule has 0 radical (unpaired) electrons. The summed E-state index contributed by atoms with van der Waals surface area (Å²) in [6.07, 6.45) is 3.55. The van der Waals surface area contributed by atoms with Crippen LogP contribution in [0.15, 0.2) is 46.2 Å². The van der Waals surface area contributed by atoms with Gasteiger partial charge in [0.1, 0.15) is 11.5 Å². The molecule has 0 spiro atoms. The van der Waals surface area contributed by atoms with Crippen molar-refractivity contribution >= 4 is 21.4 Å². The Morgan fingerprint density at radius 3 is 2.80 bits per heavy atom. The Labute approximate surface area is 124 Å². The molecular formula is C18H20OS. The van der Waals surface area contributed by atoms with Crippen LogP contribution in [0.1, 0.15) is 42.8 Å².